The fourth-order valence-electron chi connectivity index (χ4n) is 1.25. The van der Waals surface area contributed by atoms with Crippen molar-refractivity contribution in [3.63, 3.8) is 0 Å². The zero-order chi connectivity index (χ0) is 11.5. The summed E-state index contributed by atoms with van der Waals surface area (Å²) in [6.07, 6.45) is 3.48. The monoisotopic (exact) mass is 229 g/mol. The van der Waals surface area contributed by atoms with Crippen molar-refractivity contribution in [3.05, 3.63) is 17.8 Å². The van der Waals surface area contributed by atoms with Gasteiger partial charge in [0.15, 0.2) is 5.89 Å². The number of rotatable bonds is 4. The molecule has 2 nitrogen and oxygen atoms in total. The van der Waals surface area contributed by atoms with Crippen LogP contribution in [-0.4, -0.2) is 10.9 Å². The van der Waals surface area contributed by atoms with Crippen molar-refractivity contribution < 1.29 is 4.42 Å². The zero-order valence-electron chi connectivity index (χ0n) is 10.0. The summed E-state index contributed by atoms with van der Waals surface area (Å²) in [5.41, 5.74) is 0.305. The van der Waals surface area contributed by atoms with Crippen LogP contribution in [0.4, 0.5) is 0 Å². The van der Waals surface area contributed by atoms with Crippen molar-refractivity contribution in [2.24, 2.45) is 11.3 Å². The van der Waals surface area contributed by atoms with Crippen LogP contribution in [0.15, 0.2) is 10.6 Å². The Morgan fingerprint density at radius 3 is 2.67 bits per heavy atom. The fourth-order valence-corrected chi connectivity index (χ4v) is 1.41. The minimum Gasteiger partial charge on any atom is -0.446 e. The first kappa shape index (κ1) is 12.6. The lowest BCUT2D eigenvalue weighted by molar-refractivity contribution is 0.246. The lowest BCUT2D eigenvalue weighted by Crippen LogP contribution is -2.19. The molecule has 0 aliphatic rings. The highest BCUT2D eigenvalue weighted by Crippen LogP contribution is 2.28. The van der Waals surface area contributed by atoms with Crippen LogP contribution in [0, 0.1) is 11.3 Å². The molecule has 1 heterocycles. The van der Waals surface area contributed by atoms with Crippen LogP contribution in [0.3, 0.4) is 0 Å². The van der Waals surface area contributed by atoms with E-state index in [1.165, 1.54) is 0 Å². The molecule has 0 aromatic carbocycles. The van der Waals surface area contributed by atoms with Crippen LogP contribution in [0.1, 0.15) is 39.3 Å². The lowest BCUT2D eigenvalue weighted by Gasteiger charge is -2.26. The van der Waals surface area contributed by atoms with Crippen molar-refractivity contribution in [1.82, 2.24) is 4.98 Å². The van der Waals surface area contributed by atoms with Gasteiger partial charge in [0.1, 0.15) is 5.76 Å². The van der Waals surface area contributed by atoms with Gasteiger partial charge in [-0.2, -0.15) is 0 Å². The molecular weight excluding hydrogens is 210 g/mol. The van der Waals surface area contributed by atoms with E-state index in [-0.39, 0.29) is 0 Å². The second-order valence-electron chi connectivity index (χ2n) is 5.13. The Balaban J connectivity index is 2.57. The van der Waals surface area contributed by atoms with Crippen molar-refractivity contribution in [3.8, 4) is 0 Å². The van der Waals surface area contributed by atoms with Gasteiger partial charge in [-0.05, 0) is 11.3 Å². The van der Waals surface area contributed by atoms with Gasteiger partial charge in [-0.15, -0.1) is 11.6 Å². The third-order valence-electron chi connectivity index (χ3n) is 2.90. The highest BCUT2D eigenvalue weighted by atomic mass is 35.5. The molecule has 0 saturated carbocycles. The third-order valence-corrected chi connectivity index (χ3v) is 3.08. The summed E-state index contributed by atoms with van der Waals surface area (Å²) in [4.78, 5) is 4.19. The molecule has 15 heavy (non-hydrogen) atoms. The third kappa shape index (κ3) is 3.86. The molecule has 0 aliphatic carbocycles. The Morgan fingerprint density at radius 2 is 2.13 bits per heavy atom. The molecule has 1 aromatic rings. The van der Waals surface area contributed by atoms with Gasteiger partial charge >= 0.3 is 0 Å². The molecule has 0 bridgehead atoms. The van der Waals surface area contributed by atoms with E-state index in [0.29, 0.717) is 23.6 Å². The zero-order valence-corrected chi connectivity index (χ0v) is 10.8. The first-order chi connectivity index (χ1) is 6.93. The smallest absolute Gasteiger partial charge is 0.195 e. The SMILES string of the molecule is CC(Cc1cnc(CCCl)o1)C(C)(C)C. The van der Waals surface area contributed by atoms with Crippen molar-refractivity contribution >= 4 is 11.6 Å². The average molecular weight is 230 g/mol. The van der Waals surface area contributed by atoms with Crippen molar-refractivity contribution in [1.29, 1.82) is 0 Å². The van der Waals surface area contributed by atoms with E-state index in [4.69, 9.17) is 16.0 Å². The van der Waals surface area contributed by atoms with Crippen molar-refractivity contribution in [2.75, 3.05) is 5.88 Å². The van der Waals surface area contributed by atoms with Crippen molar-refractivity contribution in [2.45, 2.75) is 40.5 Å². The molecule has 0 amide bonds. The first-order valence-electron chi connectivity index (χ1n) is 5.43. The number of hydrogen-bond donors (Lipinski definition) is 0. The maximum Gasteiger partial charge on any atom is 0.195 e. The molecule has 1 unspecified atom stereocenters. The van der Waals surface area contributed by atoms with E-state index in [9.17, 15) is 0 Å². The molecule has 0 saturated heterocycles. The molecule has 86 valence electrons. The molecular formula is C12H20ClNO. The van der Waals surface area contributed by atoms with E-state index in [2.05, 4.69) is 32.7 Å². The quantitative estimate of drug-likeness (QED) is 0.737. The standard InChI is InChI=1S/C12H20ClNO/c1-9(12(2,3)4)7-10-8-14-11(15-10)5-6-13/h8-9H,5-7H2,1-4H3. The summed E-state index contributed by atoms with van der Waals surface area (Å²) < 4.78 is 5.59. The molecule has 3 heteroatoms. The Morgan fingerprint density at radius 1 is 1.47 bits per heavy atom. The Hall–Kier alpha value is -0.500. The normalized spacial score (nSPS) is 14.2. The van der Waals surface area contributed by atoms with E-state index >= 15 is 0 Å². The number of aryl methyl sites for hydroxylation is 1. The number of oxazole rings is 1. The summed E-state index contributed by atoms with van der Waals surface area (Å²) in [6.45, 7) is 8.97. The number of hydrogen-bond acceptors (Lipinski definition) is 2. The van der Waals surface area contributed by atoms with Gasteiger partial charge in [-0.25, -0.2) is 4.98 Å². The maximum absolute atomic E-state index is 5.62. The van der Waals surface area contributed by atoms with Gasteiger partial charge in [0.2, 0.25) is 0 Å². The van der Waals surface area contributed by atoms with Gasteiger partial charge in [0, 0.05) is 18.7 Å². The Bertz CT molecular complexity index is 301. The average Bonchev–Trinajstić information content (AvgIpc) is 2.51. The van der Waals surface area contributed by atoms with Gasteiger partial charge in [-0.3, -0.25) is 0 Å². The second kappa shape index (κ2) is 5.02. The van der Waals surface area contributed by atoms with E-state index < -0.39 is 0 Å². The first-order valence-corrected chi connectivity index (χ1v) is 5.96. The molecule has 1 rings (SSSR count). The van der Waals surface area contributed by atoms with Crippen LogP contribution >= 0.6 is 11.6 Å². The van der Waals surface area contributed by atoms with E-state index in [1.54, 1.807) is 0 Å². The number of nitrogens with zero attached hydrogens (tertiary/aromatic N) is 1. The Kier molecular flexibility index (Phi) is 4.21. The maximum atomic E-state index is 5.62. The fraction of sp³-hybridized carbons (Fsp3) is 0.750. The van der Waals surface area contributed by atoms with Gasteiger partial charge in [-0.1, -0.05) is 27.7 Å². The molecule has 0 radical (unpaired) electrons. The molecule has 1 aromatic heterocycles. The van der Waals surface area contributed by atoms with E-state index in [0.717, 1.165) is 18.1 Å². The van der Waals surface area contributed by atoms with Gasteiger partial charge < -0.3 is 4.42 Å². The molecule has 0 fully saturated rings. The predicted octanol–water partition coefficient (Wildman–Crippen LogP) is 3.68. The number of halogens is 1. The lowest BCUT2D eigenvalue weighted by atomic mass is 9.80. The topological polar surface area (TPSA) is 26.0 Å². The molecule has 0 N–H and O–H groups in total. The number of aromatic nitrogens is 1. The van der Waals surface area contributed by atoms with E-state index in [1.807, 2.05) is 6.20 Å². The van der Waals surface area contributed by atoms with Gasteiger partial charge in [0.25, 0.3) is 0 Å². The summed E-state index contributed by atoms with van der Waals surface area (Å²) in [5.74, 6) is 2.86. The minimum absolute atomic E-state index is 0.305. The highest BCUT2D eigenvalue weighted by molar-refractivity contribution is 6.17. The predicted molar refractivity (Wildman–Crippen MR) is 63.3 cm³/mol. The second-order valence-corrected chi connectivity index (χ2v) is 5.51. The van der Waals surface area contributed by atoms with Crippen LogP contribution in [0.2, 0.25) is 0 Å². The van der Waals surface area contributed by atoms with Crippen LogP contribution in [0.25, 0.3) is 0 Å². The number of alkyl halides is 1. The summed E-state index contributed by atoms with van der Waals surface area (Å²) in [6, 6.07) is 0. The van der Waals surface area contributed by atoms with Crippen LogP contribution < -0.4 is 0 Å². The summed E-state index contributed by atoms with van der Waals surface area (Å²) >= 11 is 5.62. The summed E-state index contributed by atoms with van der Waals surface area (Å²) in [5, 5.41) is 0. The van der Waals surface area contributed by atoms with Crippen LogP contribution in [0.5, 0.6) is 0 Å². The molecule has 0 spiro atoms. The Labute approximate surface area is 97.0 Å². The molecule has 1 atom stereocenters. The summed E-state index contributed by atoms with van der Waals surface area (Å²) in [7, 11) is 0. The largest absolute Gasteiger partial charge is 0.446 e. The van der Waals surface area contributed by atoms with Crippen LogP contribution in [-0.2, 0) is 12.8 Å². The van der Waals surface area contributed by atoms with Gasteiger partial charge in [0.05, 0.1) is 6.20 Å². The minimum atomic E-state index is 0.305. The highest BCUT2D eigenvalue weighted by Gasteiger charge is 2.21. The molecule has 0 aliphatic heterocycles.